The first kappa shape index (κ1) is 48.5. The highest BCUT2D eigenvalue weighted by Crippen LogP contribution is 2.43. The molecule has 0 rings (SSSR count). The van der Waals surface area contributed by atoms with Gasteiger partial charge in [0.1, 0.15) is 12.7 Å². The van der Waals surface area contributed by atoms with Gasteiger partial charge in [0.05, 0.1) is 13.2 Å². The lowest BCUT2D eigenvalue weighted by molar-refractivity contribution is -0.147. The van der Waals surface area contributed by atoms with Crippen molar-refractivity contribution in [2.24, 2.45) is 0 Å². The number of hydrogen-bond acceptors (Lipinski definition) is 8. The first-order chi connectivity index (χ1) is 24.1. The van der Waals surface area contributed by atoms with Crippen molar-refractivity contribution in [3.8, 4) is 0 Å². The molecular weight excluding hydrogens is 661 g/mol. The van der Waals surface area contributed by atoms with Crippen molar-refractivity contribution in [1.82, 2.24) is 5.32 Å². The van der Waals surface area contributed by atoms with Crippen LogP contribution in [0.25, 0.3) is 0 Å². The number of amides is 1. The SMILES string of the molecule is CCCCCCCCCCCCCCCCCCCCCCC(=O)NC(COP(=O)(O)OCC(O)COC(=O)CCCCCCCC)C(=O)O. The van der Waals surface area contributed by atoms with Gasteiger partial charge < -0.3 is 25.2 Å². The molecule has 0 aliphatic heterocycles. The maximum absolute atomic E-state index is 12.3. The van der Waals surface area contributed by atoms with Crippen LogP contribution in [0.4, 0.5) is 0 Å². The van der Waals surface area contributed by atoms with Crippen LogP contribution in [0.5, 0.6) is 0 Å². The highest BCUT2D eigenvalue weighted by atomic mass is 31.2. The van der Waals surface area contributed by atoms with E-state index in [2.05, 4.69) is 19.2 Å². The molecule has 0 heterocycles. The summed E-state index contributed by atoms with van der Waals surface area (Å²) in [6, 6.07) is -1.54. The zero-order valence-electron chi connectivity index (χ0n) is 31.7. The monoisotopic (exact) mass is 736 g/mol. The fraction of sp³-hybridized carbons (Fsp3) is 0.921. The maximum atomic E-state index is 12.3. The third-order valence-electron chi connectivity index (χ3n) is 8.90. The van der Waals surface area contributed by atoms with Gasteiger partial charge in [0, 0.05) is 12.8 Å². The summed E-state index contributed by atoms with van der Waals surface area (Å²) < 4.78 is 26.6. The van der Waals surface area contributed by atoms with E-state index >= 15 is 0 Å². The molecular formula is C38H74NO10P. The molecule has 296 valence electrons. The van der Waals surface area contributed by atoms with Crippen LogP contribution in [0, 0.1) is 0 Å². The quantitative estimate of drug-likeness (QED) is 0.0272. The second kappa shape index (κ2) is 34.6. The summed E-state index contributed by atoms with van der Waals surface area (Å²) in [6.45, 7) is 2.52. The third-order valence-corrected chi connectivity index (χ3v) is 9.85. The summed E-state index contributed by atoms with van der Waals surface area (Å²) in [4.78, 5) is 45.5. The Kier molecular flexibility index (Phi) is 33.5. The van der Waals surface area contributed by atoms with E-state index in [1.54, 1.807) is 0 Å². The molecule has 0 saturated carbocycles. The van der Waals surface area contributed by atoms with Crippen LogP contribution in [0.15, 0.2) is 0 Å². The molecule has 0 aliphatic rings. The lowest BCUT2D eigenvalue weighted by atomic mass is 10.0. The molecule has 0 radical (unpaired) electrons. The number of carboxylic acids is 1. The number of carbonyl (C=O) groups excluding carboxylic acids is 2. The molecule has 12 heteroatoms. The van der Waals surface area contributed by atoms with E-state index in [-0.39, 0.29) is 12.8 Å². The van der Waals surface area contributed by atoms with E-state index in [4.69, 9.17) is 13.8 Å². The molecule has 0 aromatic carbocycles. The Morgan fingerprint density at radius 2 is 0.920 bits per heavy atom. The maximum Gasteiger partial charge on any atom is 0.472 e. The summed E-state index contributed by atoms with van der Waals surface area (Å²) in [5.41, 5.74) is 0. The smallest absolute Gasteiger partial charge is 0.472 e. The molecule has 0 bridgehead atoms. The second-order valence-electron chi connectivity index (χ2n) is 13.8. The standard InChI is InChI=1S/C38H74NO10P/c1-3-5-7-9-11-12-13-14-15-16-17-18-19-20-21-22-23-24-25-27-29-36(41)39-35(38(43)44)33-49-50(45,46)48-32-34(40)31-47-37(42)30-28-26-10-8-6-4-2/h34-35,40H,3-33H2,1-2H3,(H,39,41)(H,43,44)(H,45,46). The van der Waals surface area contributed by atoms with E-state index in [0.717, 1.165) is 44.9 Å². The highest BCUT2D eigenvalue weighted by Gasteiger charge is 2.28. The van der Waals surface area contributed by atoms with E-state index in [0.29, 0.717) is 12.8 Å². The number of ether oxygens (including phenoxy) is 1. The van der Waals surface area contributed by atoms with Gasteiger partial charge in [-0.05, 0) is 12.8 Å². The number of carbonyl (C=O) groups is 3. The molecule has 1 amide bonds. The van der Waals surface area contributed by atoms with Crippen LogP contribution in [0.3, 0.4) is 0 Å². The highest BCUT2D eigenvalue weighted by molar-refractivity contribution is 7.47. The number of unbranched alkanes of at least 4 members (excludes halogenated alkanes) is 24. The number of hydrogen-bond donors (Lipinski definition) is 4. The molecule has 50 heavy (non-hydrogen) atoms. The lowest BCUT2D eigenvalue weighted by Crippen LogP contribution is -2.43. The molecule has 0 aliphatic carbocycles. The Bertz CT molecular complexity index is 875. The summed E-state index contributed by atoms with van der Waals surface area (Å²) in [6.07, 6.45) is 30.3. The van der Waals surface area contributed by atoms with Crippen LogP contribution in [0.1, 0.15) is 194 Å². The Morgan fingerprint density at radius 3 is 1.32 bits per heavy atom. The number of rotatable bonds is 38. The van der Waals surface area contributed by atoms with E-state index < -0.39 is 57.6 Å². The Hall–Kier alpha value is -1.52. The summed E-state index contributed by atoms with van der Waals surface area (Å²) in [5.74, 6) is -2.37. The second-order valence-corrected chi connectivity index (χ2v) is 15.3. The molecule has 0 fully saturated rings. The molecule has 4 N–H and O–H groups in total. The Balaban J connectivity index is 3.84. The van der Waals surface area contributed by atoms with Crippen molar-refractivity contribution >= 4 is 25.7 Å². The number of esters is 1. The number of aliphatic hydroxyl groups is 1. The van der Waals surface area contributed by atoms with Gasteiger partial charge in [0.15, 0.2) is 6.04 Å². The Morgan fingerprint density at radius 1 is 0.560 bits per heavy atom. The Labute approximate surface area is 304 Å². The van der Waals surface area contributed by atoms with Gasteiger partial charge in [0.2, 0.25) is 5.91 Å². The summed E-state index contributed by atoms with van der Waals surface area (Å²) in [5, 5.41) is 21.7. The largest absolute Gasteiger partial charge is 0.480 e. The van der Waals surface area contributed by atoms with Crippen LogP contribution in [-0.4, -0.2) is 64.9 Å². The minimum Gasteiger partial charge on any atom is -0.480 e. The van der Waals surface area contributed by atoms with E-state index in [1.165, 1.54) is 109 Å². The summed E-state index contributed by atoms with van der Waals surface area (Å²) >= 11 is 0. The number of aliphatic carboxylic acids is 1. The molecule has 3 atom stereocenters. The molecule has 0 aromatic rings. The van der Waals surface area contributed by atoms with E-state index in [9.17, 15) is 34.1 Å². The normalized spacial score (nSPS) is 13.8. The molecule has 0 aromatic heterocycles. The fourth-order valence-electron chi connectivity index (χ4n) is 5.73. The number of nitrogens with one attached hydrogen (secondary N) is 1. The first-order valence-corrected chi connectivity index (χ1v) is 21.6. The number of carboxylic acid groups (broad SMARTS) is 1. The summed E-state index contributed by atoms with van der Waals surface area (Å²) in [7, 11) is -4.74. The van der Waals surface area contributed by atoms with Crippen molar-refractivity contribution in [3.63, 3.8) is 0 Å². The van der Waals surface area contributed by atoms with Gasteiger partial charge in [-0.2, -0.15) is 0 Å². The van der Waals surface area contributed by atoms with Crippen molar-refractivity contribution in [2.75, 3.05) is 19.8 Å². The number of aliphatic hydroxyl groups excluding tert-OH is 1. The first-order valence-electron chi connectivity index (χ1n) is 20.1. The van der Waals surface area contributed by atoms with Crippen LogP contribution < -0.4 is 5.32 Å². The molecule has 0 spiro atoms. The lowest BCUT2D eigenvalue weighted by Gasteiger charge is -2.18. The third kappa shape index (κ3) is 33.6. The number of phosphoric acid groups is 1. The average Bonchev–Trinajstić information content (AvgIpc) is 3.08. The van der Waals surface area contributed by atoms with Crippen LogP contribution in [0.2, 0.25) is 0 Å². The minimum absolute atomic E-state index is 0.153. The van der Waals surface area contributed by atoms with Gasteiger partial charge in [-0.1, -0.05) is 168 Å². The average molecular weight is 736 g/mol. The van der Waals surface area contributed by atoms with Crippen molar-refractivity contribution < 1.29 is 47.8 Å². The van der Waals surface area contributed by atoms with Crippen LogP contribution >= 0.6 is 7.82 Å². The van der Waals surface area contributed by atoms with E-state index in [1.807, 2.05) is 0 Å². The van der Waals surface area contributed by atoms with Crippen molar-refractivity contribution in [2.45, 2.75) is 206 Å². The fourth-order valence-corrected chi connectivity index (χ4v) is 6.50. The van der Waals surface area contributed by atoms with Gasteiger partial charge in [0.25, 0.3) is 0 Å². The topological polar surface area (TPSA) is 169 Å². The van der Waals surface area contributed by atoms with Crippen molar-refractivity contribution in [1.29, 1.82) is 0 Å². The zero-order chi connectivity index (χ0) is 37.1. The minimum atomic E-state index is -4.74. The van der Waals surface area contributed by atoms with Crippen molar-refractivity contribution in [3.05, 3.63) is 0 Å². The predicted octanol–water partition coefficient (Wildman–Crippen LogP) is 9.56. The molecule has 11 nitrogen and oxygen atoms in total. The molecule has 3 unspecified atom stereocenters. The van der Waals surface area contributed by atoms with Crippen LogP contribution in [-0.2, 0) is 32.7 Å². The van der Waals surface area contributed by atoms with Gasteiger partial charge in [-0.25, -0.2) is 9.36 Å². The zero-order valence-corrected chi connectivity index (χ0v) is 32.6. The number of phosphoric ester groups is 1. The molecule has 0 saturated heterocycles. The van der Waals surface area contributed by atoms with Gasteiger partial charge >= 0.3 is 19.8 Å². The predicted molar refractivity (Wildman–Crippen MR) is 199 cm³/mol. The van der Waals surface area contributed by atoms with Gasteiger partial charge in [-0.3, -0.25) is 18.6 Å². The van der Waals surface area contributed by atoms with Gasteiger partial charge in [-0.15, -0.1) is 0 Å².